The zero-order chi connectivity index (χ0) is 10.8. The van der Waals surface area contributed by atoms with Gasteiger partial charge in [0.05, 0.1) is 12.1 Å². The van der Waals surface area contributed by atoms with Crippen molar-refractivity contribution in [2.45, 2.75) is 25.4 Å². The van der Waals surface area contributed by atoms with Crippen LogP contribution in [0.25, 0.3) is 11.3 Å². The number of nitrogens with one attached hydrogen (secondary N) is 1. The number of nitrogens with zero attached hydrogens (tertiary/aromatic N) is 2. The molecule has 1 saturated carbocycles. The van der Waals surface area contributed by atoms with Crippen LogP contribution in [0.1, 0.15) is 18.6 Å². The van der Waals surface area contributed by atoms with Crippen molar-refractivity contribution in [3.05, 3.63) is 36.6 Å². The highest BCUT2D eigenvalue weighted by molar-refractivity contribution is 5.54. The molecule has 0 saturated heterocycles. The molecule has 82 valence electrons. The van der Waals surface area contributed by atoms with Gasteiger partial charge in [0.1, 0.15) is 17.8 Å². The fourth-order valence-corrected chi connectivity index (χ4v) is 1.59. The largest absolute Gasteiger partial charge is 0.460 e. The van der Waals surface area contributed by atoms with Crippen molar-refractivity contribution in [1.29, 1.82) is 0 Å². The lowest BCUT2D eigenvalue weighted by molar-refractivity contribution is 0.492. The van der Waals surface area contributed by atoms with Crippen molar-refractivity contribution in [3.63, 3.8) is 0 Å². The summed E-state index contributed by atoms with van der Waals surface area (Å²) in [4.78, 5) is 7.94. The summed E-state index contributed by atoms with van der Waals surface area (Å²) in [6, 6.07) is 4.66. The van der Waals surface area contributed by atoms with E-state index in [-0.39, 0.29) is 0 Å². The van der Waals surface area contributed by atoms with Gasteiger partial charge in [0.25, 0.3) is 0 Å². The number of hydrogen-bond acceptors (Lipinski definition) is 4. The van der Waals surface area contributed by atoms with E-state index in [9.17, 15) is 0 Å². The summed E-state index contributed by atoms with van der Waals surface area (Å²) in [5.41, 5.74) is 0.917. The second-order valence-corrected chi connectivity index (χ2v) is 4.05. The van der Waals surface area contributed by atoms with Gasteiger partial charge in [-0.25, -0.2) is 9.97 Å². The van der Waals surface area contributed by atoms with E-state index in [0.29, 0.717) is 6.04 Å². The molecule has 1 fully saturated rings. The summed E-state index contributed by atoms with van der Waals surface area (Å²) in [5, 5.41) is 3.41. The van der Waals surface area contributed by atoms with Gasteiger partial charge in [-0.05, 0) is 25.0 Å². The quantitative estimate of drug-likeness (QED) is 0.847. The SMILES string of the molecule is c1ncc(-c2ccc(CNC3CC3)o2)cn1. The normalized spacial score (nSPS) is 15.2. The average Bonchev–Trinajstić information content (AvgIpc) is 3.05. The Morgan fingerprint density at radius 2 is 2.06 bits per heavy atom. The number of furan rings is 1. The van der Waals surface area contributed by atoms with E-state index >= 15 is 0 Å². The first-order valence-electron chi connectivity index (χ1n) is 5.49. The number of hydrogen-bond donors (Lipinski definition) is 1. The molecule has 4 heteroatoms. The first-order chi connectivity index (χ1) is 7.92. The molecule has 16 heavy (non-hydrogen) atoms. The van der Waals surface area contributed by atoms with Crippen LogP contribution in [0.15, 0.2) is 35.3 Å². The van der Waals surface area contributed by atoms with Gasteiger partial charge in [-0.3, -0.25) is 0 Å². The van der Waals surface area contributed by atoms with E-state index < -0.39 is 0 Å². The topological polar surface area (TPSA) is 51.0 Å². The van der Waals surface area contributed by atoms with Gasteiger partial charge >= 0.3 is 0 Å². The highest BCUT2D eigenvalue weighted by Crippen LogP contribution is 2.22. The Morgan fingerprint density at radius 1 is 1.25 bits per heavy atom. The van der Waals surface area contributed by atoms with Gasteiger partial charge < -0.3 is 9.73 Å². The number of aromatic nitrogens is 2. The maximum atomic E-state index is 5.71. The Labute approximate surface area is 93.7 Å². The van der Waals surface area contributed by atoms with E-state index in [4.69, 9.17) is 4.42 Å². The lowest BCUT2D eigenvalue weighted by atomic mass is 10.3. The molecule has 2 aromatic rings. The first kappa shape index (κ1) is 9.54. The molecule has 1 aliphatic rings. The highest BCUT2D eigenvalue weighted by Gasteiger charge is 2.20. The van der Waals surface area contributed by atoms with Gasteiger partial charge in [-0.15, -0.1) is 0 Å². The minimum Gasteiger partial charge on any atom is -0.460 e. The Bertz CT molecular complexity index is 462. The van der Waals surface area contributed by atoms with Gasteiger partial charge in [0, 0.05) is 18.4 Å². The molecule has 0 aromatic carbocycles. The van der Waals surface area contributed by atoms with Crippen LogP contribution < -0.4 is 5.32 Å². The maximum absolute atomic E-state index is 5.71. The van der Waals surface area contributed by atoms with Crippen LogP contribution in [0.2, 0.25) is 0 Å². The fourth-order valence-electron chi connectivity index (χ4n) is 1.59. The Balaban J connectivity index is 1.71. The summed E-state index contributed by atoms with van der Waals surface area (Å²) in [6.45, 7) is 0.804. The fraction of sp³-hybridized carbons (Fsp3) is 0.333. The second kappa shape index (κ2) is 4.06. The minimum absolute atomic E-state index is 0.702. The Morgan fingerprint density at radius 3 is 2.81 bits per heavy atom. The smallest absolute Gasteiger partial charge is 0.137 e. The van der Waals surface area contributed by atoms with Crippen molar-refractivity contribution in [1.82, 2.24) is 15.3 Å². The molecular weight excluding hydrogens is 202 g/mol. The molecule has 1 N–H and O–H groups in total. The molecule has 0 aliphatic heterocycles. The van der Waals surface area contributed by atoms with Crippen molar-refractivity contribution in [2.75, 3.05) is 0 Å². The van der Waals surface area contributed by atoms with Crippen molar-refractivity contribution < 1.29 is 4.42 Å². The zero-order valence-electron chi connectivity index (χ0n) is 8.89. The van der Waals surface area contributed by atoms with Crippen molar-refractivity contribution in [3.8, 4) is 11.3 Å². The van der Waals surface area contributed by atoms with Crippen LogP contribution in [-0.2, 0) is 6.54 Å². The third kappa shape index (κ3) is 2.12. The molecule has 0 bridgehead atoms. The van der Waals surface area contributed by atoms with Crippen LogP contribution >= 0.6 is 0 Å². The predicted molar refractivity (Wildman–Crippen MR) is 59.6 cm³/mol. The maximum Gasteiger partial charge on any atom is 0.137 e. The Hall–Kier alpha value is -1.68. The molecule has 0 spiro atoms. The molecule has 0 atom stereocenters. The summed E-state index contributed by atoms with van der Waals surface area (Å²) in [5.74, 6) is 1.79. The third-order valence-corrected chi connectivity index (χ3v) is 2.65. The van der Waals surface area contributed by atoms with Crippen LogP contribution in [0, 0.1) is 0 Å². The standard InChI is InChI=1S/C12H13N3O/c1-2-10(1)15-7-11-3-4-12(16-11)9-5-13-8-14-6-9/h3-6,8,10,15H,1-2,7H2. The minimum atomic E-state index is 0.702. The van der Waals surface area contributed by atoms with Gasteiger partial charge in [0.2, 0.25) is 0 Å². The van der Waals surface area contributed by atoms with E-state index in [0.717, 1.165) is 23.6 Å². The first-order valence-corrected chi connectivity index (χ1v) is 5.49. The second-order valence-electron chi connectivity index (χ2n) is 4.05. The zero-order valence-corrected chi connectivity index (χ0v) is 8.89. The molecule has 3 rings (SSSR count). The lowest BCUT2D eigenvalue weighted by Crippen LogP contribution is -2.14. The van der Waals surface area contributed by atoms with Gasteiger partial charge in [-0.1, -0.05) is 0 Å². The molecular formula is C12H13N3O. The summed E-state index contributed by atoms with van der Waals surface area (Å²) in [6.07, 6.45) is 7.61. The Kier molecular flexibility index (Phi) is 2.42. The highest BCUT2D eigenvalue weighted by atomic mass is 16.3. The summed E-state index contributed by atoms with van der Waals surface area (Å²) in [7, 11) is 0. The lowest BCUT2D eigenvalue weighted by Gasteiger charge is -1.98. The predicted octanol–water partition coefficient (Wildman–Crippen LogP) is 1.99. The number of rotatable bonds is 4. The molecule has 0 amide bonds. The van der Waals surface area contributed by atoms with E-state index in [2.05, 4.69) is 15.3 Å². The van der Waals surface area contributed by atoms with Crippen LogP contribution in [-0.4, -0.2) is 16.0 Å². The molecule has 1 aliphatic carbocycles. The van der Waals surface area contributed by atoms with E-state index in [1.807, 2.05) is 12.1 Å². The third-order valence-electron chi connectivity index (χ3n) is 2.65. The van der Waals surface area contributed by atoms with Crippen LogP contribution in [0.3, 0.4) is 0 Å². The van der Waals surface area contributed by atoms with E-state index in [1.165, 1.54) is 19.2 Å². The van der Waals surface area contributed by atoms with Gasteiger partial charge in [-0.2, -0.15) is 0 Å². The average molecular weight is 215 g/mol. The summed E-state index contributed by atoms with van der Waals surface area (Å²) < 4.78 is 5.71. The molecule has 4 nitrogen and oxygen atoms in total. The van der Waals surface area contributed by atoms with Crippen LogP contribution in [0.5, 0.6) is 0 Å². The van der Waals surface area contributed by atoms with Crippen molar-refractivity contribution >= 4 is 0 Å². The van der Waals surface area contributed by atoms with E-state index in [1.54, 1.807) is 12.4 Å². The molecule has 0 unspecified atom stereocenters. The van der Waals surface area contributed by atoms with Gasteiger partial charge in [0.15, 0.2) is 0 Å². The molecule has 2 aromatic heterocycles. The van der Waals surface area contributed by atoms with Crippen molar-refractivity contribution in [2.24, 2.45) is 0 Å². The molecule has 0 radical (unpaired) electrons. The molecule has 2 heterocycles. The monoisotopic (exact) mass is 215 g/mol. The summed E-state index contributed by atoms with van der Waals surface area (Å²) >= 11 is 0. The van der Waals surface area contributed by atoms with Crippen LogP contribution in [0.4, 0.5) is 0 Å².